The van der Waals surface area contributed by atoms with Gasteiger partial charge in [0.15, 0.2) is 5.79 Å². The lowest BCUT2D eigenvalue weighted by Gasteiger charge is -2.46. The van der Waals surface area contributed by atoms with Crippen LogP contribution in [0.15, 0.2) is 0 Å². The highest BCUT2D eigenvalue weighted by atomic mass is 16.7. The second kappa shape index (κ2) is 5.50. The third-order valence-corrected chi connectivity index (χ3v) is 4.00. The molecule has 0 aliphatic carbocycles. The maximum atomic E-state index is 6.27. The topological polar surface area (TPSA) is 18.5 Å². The van der Waals surface area contributed by atoms with E-state index >= 15 is 0 Å². The van der Waals surface area contributed by atoms with Gasteiger partial charge < -0.3 is 9.47 Å². The first-order chi connectivity index (χ1) is 7.78. The van der Waals surface area contributed by atoms with E-state index in [-0.39, 0.29) is 5.79 Å². The molecule has 2 fully saturated rings. The maximum absolute atomic E-state index is 6.27. The SMILES string of the molecule is CCCC1CCCC2(CCCC(CC)O2)O1. The zero-order valence-electron chi connectivity index (χ0n) is 10.8. The van der Waals surface area contributed by atoms with Gasteiger partial charge in [-0.05, 0) is 38.5 Å². The predicted molar refractivity (Wildman–Crippen MR) is 65.4 cm³/mol. The van der Waals surface area contributed by atoms with Gasteiger partial charge in [-0.2, -0.15) is 0 Å². The van der Waals surface area contributed by atoms with E-state index in [1.165, 1.54) is 38.5 Å². The minimum absolute atomic E-state index is 0.197. The summed E-state index contributed by atoms with van der Waals surface area (Å²) >= 11 is 0. The van der Waals surface area contributed by atoms with Crippen molar-refractivity contribution in [3.63, 3.8) is 0 Å². The lowest BCUT2D eigenvalue weighted by Crippen LogP contribution is -2.47. The zero-order chi connectivity index (χ0) is 11.4. The number of hydrogen-bond donors (Lipinski definition) is 0. The maximum Gasteiger partial charge on any atom is 0.169 e. The first-order valence-electron chi connectivity index (χ1n) is 7.13. The molecule has 0 aromatic heterocycles. The van der Waals surface area contributed by atoms with E-state index < -0.39 is 0 Å². The smallest absolute Gasteiger partial charge is 0.169 e. The van der Waals surface area contributed by atoms with Gasteiger partial charge in [-0.25, -0.2) is 0 Å². The van der Waals surface area contributed by atoms with Crippen LogP contribution in [0.4, 0.5) is 0 Å². The van der Waals surface area contributed by atoms with Crippen molar-refractivity contribution in [3.8, 4) is 0 Å². The Labute approximate surface area is 99.7 Å². The van der Waals surface area contributed by atoms with E-state index in [2.05, 4.69) is 13.8 Å². The summed E-state index contributed by atoms with van der Waals surface area (Å²) in [5.41, 5.74) is 0. The van der Waals surface area contributed by atoms with Crippen molar-refractivity contribution in [2.24, 2.45) is 0 Å². The van der Waals surface area contributed by atoms with E-state index in [0.717, 1.165) is 19.3 Å². The average Bonchev–Trinajstić information content (AvgIpc) is 2.29. The van der Waals surface area contributed by atoms with Crippen LogP contribution >= 0.6 is 0 Å². The van der Waals surface area contributed by atoms with Crippen molar-refractivity contribution >= 4 is 0 Å². The Morgan fingerprint density at radius 3 is 2.25 bits per heavy atom. The zero-order valence-corrected chi connectivity index (χ0v) is 10.8. The molecule has 0 bridgehead atoms. The second-order valence-corrected chi connectivity index (χ2v) is 5.37. The molecule has 2 rings (SSSR count). The Morgan fingerprint density at radius 1 is 1.00 bits per heavy atom. The predicted octanol–water partition coefficient (Wildman–Crippen LogP) is 4.03. The molecule has 0 saturated carbocycles. The van der Waals surface area contributed by atoms with Crippen LogP contribution < -0.4 is 0 Å². The Balaban J connectivity index is 1.94. The highest BCUT2D eigenvalue weighted by Crippen LogP contribution is 2.40. The quantitative estimate of drug-likeness (QED) is 0.723. The summed E-state index contributed by atoms with van der Waals surface area (Å²) in [6, 6.07) is 0. The Morgan fingerprint density at radius 2 is 1.62 bits per heavy atom. The largest absolute Gasteiger partial charge is 0.347 e. The van der Waals surface area contributed by atoms with Crippen molar-refractivity contribution in [2.75, 3.05) is 0 Å². The molecule has 0 N–H and O–H groups in total. The lowest BCUT2D eigenvalue weighted by molar-refractivity contribution is -0.315. The van der Waals surface area contributed by atoms with Gasteiger partial charge in [0, 0.05) is 12.8 Å². The van der Waals surface area contributed by atoms with Crippen LogP contribution in [0.1, 0.15) is 71.6 Å². The van der Waals surface area contributed by atoms with Gasteiger partial charge in [0.25, 0.3) is 0 Å². The molecule has 2 heterocycles. The second-order valence-electron chi connectivity index (χ2n) is 5.37. The fourth-order valence-electron chi connectivity index (χ4n) is 3.12. The molecule has 1 spiro atoms. The van der Waals surface area contributed by atoms with Gasteiger partial charge in [0.05, 0.1) is 12.2 Å². The summed E-state index contributed by atoms with van der Waals surface area (Å²) in [5, 5.41) is 0. The highest BCUT2D eigenvalue weighted by Gasteiger charge is 2.41. The van der Waals surface area contributed by atoms with Crippen molar-refractivity contribution < 1.29 is 9.47 Å². The van der Waals surface area contributed by atoms with E-state index in [1.54, 1.807) is 0 Å². The standard InChI is InChI=1S/C14H26O2/c1-3-7-13-9-6-11-14(16-13)10-5-8-12(4-2)15-14/h12-13H,3-11H2,1-2H3. The van der Waals surface area contributed by atoms with Crippen LogP contribution in [-0.4, -0.2) is 18.0 Å². The Hall–Kier alpha value is -0.0800. The summed E-state index contributed by atoms with van der Waals surface area (Å²) in [7, 11) is 0. The lowest BCUT2D eigenvalue weighted by atomic mass is 9.91. The van der Waals surface area contributed by atoms with Gasteiger partial charge in [-0.1, -0.05) is 20.3 Å². The summed E-state index contributed by atoms with van der Waals surface area (Å²) in [6.07, 6.45) is 11.7. The first-order valence-corrected chi connectivity index (χ1v) is 7.13. The normalized spacial score (nSPS) is 40.1. The van der Waals surface area contributed by atoms with Gasteiger partial charge in [-0.15, -0.1) is 0 Å². The first kappa shape index (κ1) is 12.4. The molecule has 3 atom stereocenters. The van der Waals surface area contributed by atoms with Crippen LogP contribution in [0, 0.1) is 0 Å². The van der Waals surface area contributed by atoms with Crippen molar-refractivity contribution in [1.82, 2.24) is 0 Å². The van der Waals surface area contributed by atoms with E-state index in [0.29, 0.717) is 12.2 Å². The Kier molecular flexibility index (Phi) is 4.26. The van der Waals surface area contributed by atoms with Crippen LogP contribution in [0.5, 0.6) is 0 Å². The molecule has 94 valence electrons. The molecule has 16 heavy (non-hydrogen) atoms. The average molecular weight is 226 g/mol. The van der Waals surface area contributed by atoms with E-state index in [9.17, 15) is 0 Å². The minimum Gasteiger partial charge on any atom is -0.347 e. The van der Waals surface area contributed by atoms with Crippen molar-refractivity contribution in [1.29, 1.82) is 0 Å². The van der Waals surface area contributed by atoms with E-state index in [1.807, 2.05) is 0 Å². The molecule has 0 amide bonds. The highest BCUT2D eigenvalue weighted by molar-refractivity contribution is 4.83. The molecule has 0 radical (unpaired) electrons. The fraction of sp³-hybridized carbons (Fsp3) is 1.00. The van der Waals surface area contributed by atoms with Crippen LogP contribution in [0.25, 0.3) is 0 Å². The third kappa shape index (κ3) is 2.78. The number of ether oxygens (including phenoxy) is 2. The van der Waals surface area contributed by atoms with Crippen LogP contribution in [-0.2, 0) is 9.47 Å². The molecular weight excluding hydrogens is 200 g/mol. The molecular formula is C14H26O2. The molecule has 2 aliphatic heterocycles. The number of rotatable bonds is 3. The molecule has 2 aliphatic rings. The number of hydrogen-bond acceptors (Lipinski definition) is 2. The summed E-state index contributed by atoms with van der Waals surface area (Å²) in [4.78, 5) is 0. The van der Waals surface area contributed by atoms with Gasteiger partial charge >= 0.3 is 0 Å². The van der Waals surface area contributed by atoms with Gasteiger partial charge in [-0.3, -0.25) is 0 Å². The Bertz CT molecular complexity index is 211. The molecule has 0 aromatic rings. The van der Waals surface area contributed by atoms with E-state index in [4.69, 9.17) is 9.47 Å². The summed E-state index contributed by atoms with van der Waals surface area (Å²) in [5.74, 6) is -0.197. The molecule has 0 aromatic carbocycles. The monoisotopic (exact) mass is 226 g/mol. The minimum atomic E-state index is -0.197. The fourth-order valence-corrected chi connectivity index (χ4v) is 3.12. The van der Waals surface area contributed by atoms with Crippen LogP contribution in [0.2, 0.25) is 0 Å². The van der Waals surface area contributed by atoms with Gasteiger partial charge in [0.2, 0.25) is 0 Å². The summed E-state index contributed by atoms with van der Waals surface area (Å²) < 4.78 is 12.5. The molecule has 2 heteroatoms. The van der Waals surface area contributed by atoms with Gasteiger partial charge in [0.1, 0.15) is 0 Å². The van der Waals surface area contributed by atoms with Crippen molar-refractivity contribution in [3.05, 3.63) is 0 Å². The van der Waals surface area contributed by atoms with Crippen molar-refractivity contribution in [2.45, 2.75) is 89.6 Å². The summed E-state index contributed by atoms with van der Waals surface area (Å²) in [6.45, 7) is 4.46. The third-order valence-electron chi connectivity index (χ3n) is 4.00. The molecule has 3 unspecified atom stereocenters. The molecule has 2 nitrogen and oxygen atoms in total. The molecule has 2 saturated heterocycles. The van der Waals surface area contributed by atoms with Crippen LogP contribution in [0.3, 0.4) is 0 Å².